The number of aliphatic hydroxyl groups is 1. The second-order valence-corrected chi connectivity index (χ2v) is 8.48. The van der Waals surface area contributed by atoms with E-state index >= 15 is 0 Å². The van der Waals surface area contributed by atoms with Crippen LogP contribution in [0, 0.1) is 0 Å². The van der Waals surface area contributed by atoms with E-state index < -0.39 is 17.3 Å². The SMILES string of the molecule is CN(C)c1ccc(Nc2nc(Cl)ncc2Cl)cc1NCC1(C(C)(C)O)CNC(=O)O1. The molecule has 4 N–H and O–H groups in total. The van der Waals surface area contributed by atoms with Crippen molar-refractivity contribution in [3.05, 3.63) is 34.7 Å². The van der Waals surface area contributed by atoms with Gasteiger partial charge in [-0.25, -0.2) is 9.78 Å². The molecule has 9 nitrogen and oxygen atoms in total. The van der Waals surface area contributed by atoms with E-state index in [0.717, 1.165) is 11.4 Å². The molecule has 1 aliphatic rings. The maximum atomic E-state index is 11.7. The molecule has 1 atom stereocenters. The molecule has 0 radical (unpaired) electrons. The van der Waals surface area contributed by atoms with Crippen molar-refractivity contribution in [1.29, 1.82) is 0 Å². The minimum atomic E-state index is -1.27. The number of nitrogens with zero attached hydrogens (tertiary/aromatic N) is 3. The van der Waals surface area contributed by atoms with Crippen LogP contribution in [0.4, 0.5) is 27.7 Å². The summed E-state index contributed by atoms with van der Waals surface area (Å²) in [5.41, 5.74) is -0.0268. The van der Waals surface area contributed by atoms with Gasteiger partial charge in [-0.15, -0.1) is 0 Å². The van der Waals surface area contributed by atoms with Crippen LogP contribution >= 0.6 is 23.2 Å². The molecule has 1 unspecified atom stereocenters. The number of aromatic nitrogens is 2. The van der Waals surface area contributed by atoms with Crippen LogP contribution in [0.25, 0.3) is 0 Å². The Balaban J connectivity index is 1.88. The Kier molecular flexibility index (Phi) is 6.16. The average Bonchev–Trinajstić information content (AvgIpc) is 3.05. The summed E-state index contributed by atoms with van der Waals surface area (Å²) in [5.74, 6) is 0.377. The Bertz CT molecular complexity index is 950. The zero-order chi connectivity index (χ0) is 22.1. The van der Waals surface area contributed by atoms with Crippen LogP contribution in [0.15, 0.2) is 24.4 Å². The van der Waals surface area contributed by atoms with Gasteiger partial charge in [-0.1, -0.05) is 11.6 Å². The molecule has 162 valence electrons. The van der Waals surface area contributed by atoms with E-state index in [1.807, 2.05) is 37.2 Å². The van der Waals surface area contributed by atoms with Crippen molar-refractivity contribution in [1.82, 2.24) is 15.3 Å². The van der Waals surface area contributed by atoms with Gasteiger partial charge in [-0.2, -0.15) is 4.98 Å². The van der Waals surface area contributed by atoms with Gasteiger partial charge in [0.1, 0.15) is 10.6 Å². The molecular formula is C19H24Cl2N6O3. The summed E-state index contributed by atoms with van der Waals surface area (Å²) in [6.45, 7) is 3.60. The van der Waals surface area contributed by atoms with Crippen LogP contribution in [0.3, 0.4) is 0 Å². The quantitative estimate of drug-likeness (QED) is 0.471. The van der Waals surface area contributed by atoms with Crippen molar-refractivity contribution < 1.29 is 14.6 Å². The number of cyclic esters (lactones) is 1. The van der Waals surface area contributed by atoms with Crippen LogP contribution in [-0.4, -0.2) is 59.6 Å². The molecule has 1 amide bonds. The van der Waals surface area contributed by atoms with E-state index in [-0.39, 0.29) is 18.4 Å². The molecule has 3 rings (SSSR count). The number of hydrogen-bond acceptors (Lipinski definition) is 8. The molecule has 0 spiro atoms. The topological polar surface area (TPSA) is 112 Å². The van der Waals surface area contributed by atoms with E-state index in [4.69, 9.17) is 27.9 Å². The lowest BCUT2D eigenvalue weighted by atomic mass is 9.85. The largest absolute Gasteiger partial charge is 0.436 e. The van der Waals surface area contributed by atoms with Gasteiger partial charge in [0.05, 0.1) is 30.7 Å². The van der Waals surface area contributed by atoms with Gasteiger partial charge in [0.2, 0.25) is 5.28 Å². The van der Waals surface area contributed by atoms with E-state index in [1.165, 1.54) is 6.20 Å². The van der Waals surface area contributed by atoms with Crippen molar-refractivity contribution in [3.63, 3.8) is 0 Å². The average molecular weight is 455 g/mol. The standard InChI is InChI=1S/C19H24Cl2N6O3/c1-18(2,29)19(10-24-17(28)30-19)9-23-13-7-11(5-6-14(13)27(3)4)25-15-12(20)8-22-16(21)26-15/h5-8,23,29H,9-10H2,1-4H3,(H,24,28)(H,22,25,26). The number of carbonyl (C=O) groups excluding carboxylic acids is 1. The zero-order valence-corrected chi connectivity index (χ0v) is 18.6. The van der Waals surface area contributed by atoms with Crippen LogP contribution in [0.1, 0.15) is 13.8 Å². The summed E-state index contributed by atoms with van der Waals surface area (Å²) >= 11 is 12.0. The van der Waals surface area contributed by atoms with E-state index in [2.05, 4.69) is 25.9 Å². The molecular weight excluding hydrogens is 431 g/mol. The van der Waals surface area contributed by atoms with Gasteiger partial charge in [0.25, 0.3) is 0 Å². The van der Waals surface area contributed by atoms with Gasteiger partial charge in [-0.05, 0) is 43.6 Å². The molecule has 0 saturated carbocycles. The number of benzene rings is 1. The second-order valence-electron chi connectivity index (χ2n) is 7.74. The van der Waals surface area contributed by atoms with Crippen molar-refractivity contribution in [3.8, 4) is 0 Å². The van der Waals surface area contributed by atoms with Gasteiger partial charge in [0.15, 0.2) is 11.4 Å². The van der Waals surface area contributed by atoms with Crippen molar-refractivity contribution in [2.24, 2.45) is 0 Å². The number of alkyl carbamates (subject to hydrolysis) is 1. The Morgan fingerprint density at radius 3 is 2.70 bits per heavy atom. The first-order chi connectivity index (χ1) is 14.0. The predicted molar refractivity (Wildman–Crippen MR) is 118 cm³/mol. The van der Waals surface area contributed by atoms with Gasteiger partial charge >= 0.3 is 6.09 Å². The van der Waals surface area contributed by atoms with Crippen molar-refractivity contribution in [2.75, 3.05) is 42.7 Å². The van der Waals surface area contributed by atoms with E-state index in [0.29, 0.717) is 16.5 Å². The first-order valence-electron chi connectivity index (χ1n) is 9.20. The van der Waals surface area contributed by atoms with Gasteiger partial charge in [0, 0.05) is 19.8 Å². The van der Waals surface area contributed by atoms with Crippen LogP contribution < -0.4 is 20.9 Å². The number of amides is 1. The number of nitrogens with one attached hydrogen (secondary N) is 3. The number of anilines is 4. The smallest absolute Gasteiger partial charge is 0.408 e. The molecule has 1 saturated heterocycles. The van der Waals surface area contributed by atoms with E-state index in [1.54, 1.807) is 13.8 Å². The molecule has 0 bridgehead atoms. The number of rotatable bonds is 7. The highest BCUT2D eigenvalue weighted by Gasteiger charge is 2.51. The fourth-order valence-electron chi connectivity index (χ4n) is 3.07. The van der Waals surface area contributed by atoms with Crippen molar-refractivity contribution >= 4 is 52.2 Å². The highest BCUT2D eigenvalue weighted by Crippen LogP contribution is 2.34. The third kappa shape index (κ3) is 4.63. The summed E-state index contributed by atoms with van der Waals surface area (Å²) in [7, 11) is 3.83. The maximum absolute atomic E-state index is 11.7. The summed E-state index contributed by atoms with van der Waals surface area (Å²) < 4.78 is 5.45. The summed E-state index contributed by atoms with van der Waals surface area (Å²) in [5, 5.41) is 20.1. The fourth-order valence-corrected chi connectivity index (χ4v) is 3.35. The normalized spacial score (nSPS) is 18.6. The summed E-state index contributed by atoms with van der Waals surface area (Å²) in [6.07, 6.45) is 0.860. The molecule has 1 aromatic heterocycles. The minimum absolute atomic E-state index is 0.0767. The molecule has 0 aliphatic carbocycles. The fraction of sp³-hybridized carbons (Fsp3) is 0.421. The first kappa shape index (κ1) is 22.2. The minimum Gasteiger partial charge on any atom is -0.436 e. The molecule has 1 aromatic carbocycles. The van der Waals surface area contributed by atoms with Crippen LogP contribution in [0.5, 0.6) is 0 Å². The highest BCUT2D eigenvalue weighted by molar-refractivity contribution is 6.33. The number of ether oxygens (including phenoxy) is 1. The molecule has 1 aliphatic heterocycles. The predicted octanol–water partition coefficient (Wildman–Crippen LogP) is 3.25. The molecule has 11 heteroatoms. The maximum Gasteiger partial charge on any atom is 0.408 e. The monoisotopic (exact) mass is 454 g/mol. The third-order valence-corrected chi connectivity index (χ3v) is 5.40. The lowest BCUT2D eigenvalue weighted by Crippen LogP contribution is -2.57. The highest BCUT2D eigenvalue weighted by atomic mass is 35.5. The molecule has 2 heterocycles. The summed E-state index contributed by atoms with van der Waals surface area (Å²) in [4.78, 5) is 21.6. The first-order valence-corrected chi connectivity index (χ1v) is 9.96. The zero-order valence-electron chi connectivity index (χ0n) is 17.1. The van der Waals surface area contributed by atoms with Crippen LogP contribution in [0.2, 0.25) is 10.3 Å². The third-order valence-electron chi connectivity index (χ3n) is 4.94. The van der Waals surface area contributed by atoms with E-state index in [9.17, 15) is 9.90 Å². The Morgan fingerprint density at radius 2 is 2.10 bits per heavy atom. The summed E-state index contributed by atoms with van der Waals surface area (Å²) in [6, 6.07) is 5.65. The van der Waals surface area contributed by atoms with Crippen molar-refractivity contribution in [2.45, 2.75) is 25.0 Å². The van der Waals surface area contributed by atoms with Gasteiger partial charge < -0.3 is 30.7 Å². The second kappa shape index (κ2) is 8.33. The number of halogens is 2. The molecule has 30 heavy (non-hydrogen) atoms. The number of hydrogen-bond donors (Lipinski definition) is 4. The molecule has 1 fully saturated rings. The number of carbonyl (C=O) groups is 1. The lowest BCUT2D eigenvalue weighted by molar-refractivity contribution is -0.101. The Labute approximate surface area is 184 Å². The Morgan fingerprint density at radius 1 is 1.37 bits per heavy atom. The van der Waals surface area contributed by atoms with Gasteiger partial charge in [-0.3, -0.25) is 0 Å². The Hall–Kier alpha value is -2.49. The molecule has 2 aromatic rings. The lowest BCUT2D eigenvalue weighted by Gasteiger charge is -2.38. The van der Waals surface area contributed by atoms with Crippen LogP contribution in [-0.2, 0) is 4.74 Å².